The molecule has 1 aliphatic heterocycles. The van der Waals surface area contributed by atoms with Crippen LogP contribution in [0.5, 0.6) is 0 Å². The standard InChI is InChI=1S/C18H25N5O4S/c1-13-4-5-15(20-17(24)6-7-18-19-14(2)21-27-18)12-16(13)28(25,26)23-10-8-22(3)9-11-23/h4-5,12H,6-11H2,1-3H3,(H,20,24). The zero-order chi connectivity index (χ0) is 20.3. The molecular weight excluding hydrogens is 382 g/mol. The highest BCUT2D eigenvalue weighted by Gasteiger charge is 2.29. The third kappa shape index (κ3) is 4.75. The van der Waals surface area contributed by atoms with E-state index in [2.05, 4.69) is 20.4 Å². The first-order valence-corrected chi connectivity index (χ1v) is 10.6. The van der Waals surface area contributed by atoms with Crippen molar-refractivity contribution in [3.8, 4) is 0 Å². The molecule has 1 aromatic carbocycles. The lowest BCUT2D eigenvalue weighted by Crippen LogP contribution is -2.47. The molecule has 0 atom stereocenters. The SMILES string of the molecule is Cc1noc(CCC(=O)Nc2ccc(C)c(S(=O)(=O)N3CCN(C)CC3)c2)n1. The zero-order valence-corrected chi connectivity index (χ0v) is 17.1. The molecule has 0 saturated carbocycles. The normalized spacial score (nSPS) is 16.2. The van der Waals surface area contributed by atoms with Crippen LogP contribution in [-0.2, 0) is 21.2 Å². The number of aromatic nitrogens is 2. The molecule has 1 saturated heterocycles. The number of rotatable bonds is 6. The molecule has 2 aromatic rings. The Bertz CT molecular complexity index is 949. The average molecular weight is 407 g/mol. The van der Waals surface area contributed by atoms with E-state index in [1.807, 2.05) is 7.05 Å². The molecule has 0 unspecified atom stereocenters. The number of nitrogens with zero attached hydrogens (tertiary/aromatic N) is 4. The summed E-state index contributed by atoms with van der Waals surface area (Å²) in [4.78, 5) is 18.6. The molecule has 1 aromatic heterocycles. The number of sulfonamides is 1. The van der Waals surface area contributed by atoms with E-state index in [4.69, 9.17) is 4.52 Å². The van der Waals surface area contributed by atoms with E-state index in [0.717, 1.165) is 0 Å². The molecule has 2 heterocycles. The minimum Gasteiger partial charge on any atom is -0.339 e. The molecule has 0 radical (unpaired) electrons. The van der Waals surface area contributed by atoms with Crippen molar-refractivity contribution in [3.05, 3.63) is 35.5 Å². The number of piperazine rings is 1. The molecule has 9 nitrogen and oxygen atoms in total. The molecule has 1 aliphatic rings. The first kappa shape index (κ1) is 20.4. The summed E-state index contributed by atoms with van der Waals surface area (Å²) in [6.07, 6.45) is 0.487. The van der Waals surface area contributed by atoms with E-state index in [9.17, 15) is 13.2 Å². The fraction of sp³-hybridized carbons (Fsp3) is 0.500. The Kier molecular flexibility index (Phi) is 6.11. The van der Waals surface area contributed by atoms with Gasteiger partial charge in [-0.3, -0.25) is 4.79 Å². The van der Waals surface area contributed by atoms with Crippen LogP contribution in [0, 0.1) is 13.8 Å². The van der Waals surface area contributed by atoms with E-state index in [-0.39, 0.29) is 17.2 Å². The minimum atomic E-state index is -3.60. The van der Waals surface area contributed by atoms with Crippen molar-refractivity contribution in [2.24, 2.45) is 0 Å². The Morgan fingerprint density at radius 1 is 1.21 bits per heavy atom. The first-order chi connectivity index (χ1) is 13.3. The third-order valence-corrected chi connectivity index (χ3v) is 6.73. The number of carbonyl (C=O) groups is 1. The van der Waals surface area contributed by atoms with Crippen LogP contribution in [0.2, 0.25) is 0 Å². The monoisotopic (exact) mass is 407 g/mol. The number of likely N-dealkylation sites (N-methyl/N-ethyl adjacent to an activating group) is 1. The van der Waals surface area contributed by atoms with Gasteiger partial charge in [0.2, 0.25) is 21.8 Å². The quantitative estimate of drug-likeness (QED) is 0.766. The largest absolute Gasteiger partial charge is 0.339 e. The van der Waals surface area contributed by atoms with Crippen molar-refractivity contribution in [1.82, 2.24) is 19.3 Å². The molecule has 0 aliphatic carbocycles. The maximum Gasteiger partial charge on any atom is 0.243 e. The second-order valence-corrected chi connectivity index (χ2v) is 8.88. The van der Waals surface area contributed by atoms with E-state index >= 15 is 0 Å². The van der Waals surface area contributed by atoms with Crippen molar-refractivity contribution in [1.29, 1.82) is 0 Å². The highest BCUT2D eigenvalue weighted by Crippen LogP contribution is 2.24. The van der Waals surface area contributed by atoms with Gasteiger partial charge < -0.3 is 14.7 Å². The van der Waals surface area contributed by atoms with Crippen molar-refractivity contribution < 1.29 is 17.7 Å². The second kappa shape index (κ2) is 8.38. The zero-order valence-electron chi connectivity index (χ0n) is 16.3. The maximum atomic E-state index is 13.0. The molecular formula is C18H25N5O4S. The average Bonchev–Trinajstić information content (AvgIpc) is 3.07. The minimum absolute atomic E-state index is 0.163. The van der Waals surface area contributed by atoms with Gasteiger partial charge in [-0.05, 0) is 38.6 Å². The lowest BCUT2D eigenvalue weighted by atomic mass is 10.2. The number of aryl methyl sites for hydroxylation is 3. The fourth-order valence-corrected chi connectivity index (χ4v) is 4.68. The van der Waals surface area contributed by atoms with Crippen LogP contribution in [0.4, 0.5) is 5.69 Å². The van der Waals surface area contributed by atoms with Crippen LogP contribution in [0.15, 0.2) is 27.6 Å². The summed E-state index contributed by atoms with van der Waals surface area (Å²) in [6, 6.07) is 4.94. The summed E-state index contributed by atoms with van der Waals surface area (Å²) in [5.41, 5.74) is 1.10. The molecule has 3 rings (SSSR count). The predicted molar refractivity (Wildman–Crippen MR) is 103 cm³/mol. The summed E-state index contributed by atoms with van der Waals surface area (Å²) < 4.78 is 32.6. The Balaban J connectivity index is 1.69. The predicted octanol–water partition coefficient (Wildman–Crippen LogP) is 1.19. The third-order valence-electron chi connectivity index (χ3n) is 4.69. The molecule has 1 amide bonds. The smallest absolute Gasteiger partial charge is 0.243 e. The van der Waals surface area contributed by atoms with Gasteiger partial charge in [-0.2, -0.15) is 9.29 Å². The van der Waals surface area contributed by atoms with Gasteiger partial charge in [0.1, 0.15) is 0 Å². The van der Waals surface area contributed by atoms with E-state index < -0.39 is 10.0 Å². The van der Waals surface area contributed by atoms with Gasteiger partial charge in [0, 0.05) is 44.7 Å². The van der Waals surface area contributed by atoms with E-state index in [1.165, 1.54) is 10.4 Å². The van der Waals surface area contributed by atoms with E-state index in [1.54, 1.807) is 26.0 Å². The van der Waals surface area contributed by atoms with Crippen molar-refractivity contribution >= 4 is 21.6 Å². The summed E-state index contributed by atoms with van der Waals surface area (Å²) in [5, 5.41) is 6.43. The van der Waals surface area contributed by atoms with Crippen LogP contribution in [-0.4, -0.2) is 66.9 Å². The molecule has 0 spiro atoms. The maximum absolute atomic E-state index is 13.0. The Hall–Kier alpha value is -2.30. The Labute approximate surface area is 164 Å². The number of hydrogen-bond donors (Lipinski definition) is 1. The lowest BCUT2D eigenvalue weighted by molar-refractivity contribution is -0.116. The van der Waals surface area contributed by atoms with Crippen LogP contribution < -0.4 is 5.32 Å². The topological polar surface area (TPSA) is 109 Å². The summed E-state index contributed by atoms with van der Waals surface area (Å²) in [6.45, 7) is 5.78. The van der Waals surface area contributed by atoms with Crippen LogP contribution in [0.1, 0.15) is 23.7 Å². The summed E-state index contributed by atoms with van der Waals surface area (Å²) in [5.74, 6) is 0.672. The van der Waals surface area contributed by atoms with E-state index in [0.29, 0.717) is 55.6 Å². The summed E-state index contributed by atoms with van der Waals surface area (Å²) in [7, 11) is -1.63. The molecule has 1 N–H and O–H groups in total. The number of hydrogen-bond acceptors (Lipinski definition) is 7. The number of anilines is 1. The van der Waals surface area contributed by atoms with Gasteiger partial charge in [-0.15, -0.1) is 0 Å². The van der Waals surface area contributed by atoms with Crippen LogP contribution in [0.3, 0.4) is 0 Å². The lowest BCUT2D eigenvalue weighted by Gasteiger charge is -2.32. The van der Waals surface area contributed by atoms with Crippen LogP contribution >= 0.6 is 0 Å². The number of benzene rings is 1. The number of nitrogens with one attached hydrogen (secondary N) is 1. The summed E-state index contributed by atoms with van der Waals surface area (Å²) >= 11 is 0. The van der Waals surface area contributed by atoms with Gasteiger partial charge in [-0.25, -0.2) is 8.42 Å². The fourth-order valence-electron chi connectivity index (χ4n) is 3.01. The van der Waals surface area contributed by atoms with Gasteiger partial charge >= 0.3 is 0 Å². The molecule has 1 fully saturated rings. The second-order valence-electron chi connectivity index (χ2n) is 6.97. The molecule has 10 heteroatoms. The first-order valence-electron chi connectivity index (χ1n) is 9.14. The van der Waals surface area contributed by atoms with Crippen LogP contribution in [0.25, 0.3) is 0 Å². The Morgan fingerprint density at radius 3 is 2.57 bits per heavy atom. The highest BCUT2D eigenvalue weighted by molar-refractivity contribution is 7.89. The van der Waals surface area contributed by atoms with Crippen molar-refractivity contribution in [3.63, 3.8) is 0 Å². The molecule has 152 valence electrons. The van der Waals surface area contributed by atoms with Crippen molar-refractivity contribution in [2.45, 2.75) is 31.6 Å². The number of amides is 1. The number of carbonyl (C=O) groups excluding carboxylic acids is 1. The molecule has 28 heavy (non-hydrogen) atoms. The molecule has 0 bridgehead atoms. The Morgan fingerprint density at radius 2 is 1.93 bits per heavy atom. The van der Waals surface area contributed by atoms with Gasteiger partial charge in [-0.1, -0.05) is 11.2 Å². The van der Waals surface area contributed by atoms with Gasteiger partial charge in [0.25, 0.3) is 0 Å². The van der Waals surface area contributed by atoms with Crippen molar-refractivity contribution in [2.75, 3.05) is 38.5 Å². The van der Waals surface area contributed by atoms with Gasteiger partial charge in [0.15, 0.2) is 5.82 Å². The highest BCUT2D eigenvalue weighted by atomic mass is 32.2. The van der Waals surface area contributed by atoms with Gasteiger partial charge in [0.05, 0.1) is 4.90 Å².